The Hall–Kier alpha value is -1.95. The first kappa shape index (κ1) is 18.0. The smallest absolute Gasteiger partial charge is 0.325 e. The van der Waals surface area contributed by atoms with E-state index in [9.17, 15) is 14.0 Å². The van der Waals surface area contributed by atoms with E-state index >= 15 is 0 Å². The Bertz CT molecular complexity index is 566. The fraction of sp³-hybridized carbons (Fsp3) is 0.429. The summed E-state index contributed by atoms with van der Waals surface area (Å²) in [6.45, 7) is 6.42. The molecule has 0 aliphatic rings. The minimum absolute atomic E-state index is 0.167. The van der Waals surface area contributed by atoms with Crippen molar-refractivity contribution < 1.29 is 9.50 Å². The number of nitrogens with one attached hydrogen (secondary N) is 2. The number of aliphatic hydroxyl groups excluding tert-OH is 1. The summed E-state index contributed by atoms with van der Waals surface area (Å²) in [4.78, 5) is 24.0. The molecule has 0 saturated carbocycles. The van der Waals surface area contributed by atoms with Crippen molar-refractivity contribution in [1.29, 1.82) is 0 Å². The molecule has 0 aliphatic heterocycles. The summed E-state index contributed by atoms with van der Waals surface area (Å²) in [5.41, 5.74) is 0.923. The first-order chi connectivity index (χ1) is 9.36. The molecule has 0 bridgehead atoms. The van der Waals surface area contributed by atoms with Gasteiger partial charge >= 0.3 is 5.69 Å². The standard InChI is InChI=1S/C10H18O.C4H3FN2O2/c1-9(2)5-4-6-10(3)7-8-11;5-2-1-6-4(9)7-3(2)8/h5,7,11H,4,6,8H2,1-3H3;1H,(H2,6,7,8,9)/b10-7+;. The molecular weight excluding hydrogens is 263 g/mol. The third-order valence-electron chi connectivity index (χ3n) is 2.30. The fourth-order valence-electron chi connectivity index (χ4n) is 1.24. The van der Waals surface area contributed by atoms with Gasteiger partial charge in [0.05, 0.1) is 6.61 Å². The van der Waals surface area contributed by atoms with Crippen molar-refractivity contribution >= 4 is 0 Å². The van der Waals surface area contributed by atoms with Gasteiger partial charge < -0.3 is 10.1 Å². The highest BCUT2D eigenvalue weighted by Crippen LogP contribution is 2.05. The van der Waals surface area contributed by atoms with Crippen molar-refractivity contribution in [3.05, 3.63) is 56.2 Å². The molecule has 3 N–H and O–H groups in total. The molecule has 0 saturated heterocycles. The van der Waals surface area contributed by atoms with Crippen molar-refractivity contribution in [2.45, 2.75) is 33.6 Å². The molecular formula is C14H21FN2O3. The number of hydrogen-bond donors (Lipinski definition) is 3. The van der Waals surface area contributed by atoms with Crippen molar-refractivity contribution in [2.75, 3.05) is 6.61 Å². The zero-order valence-corrected chi connectivity index (χ0v) is 12.0. The van der Waals surface area contributed by atoms with E-state index in [-0.39, 0.29) is 6.61 Å². The van der Waals surface area contributed by atoms with Crippen LogP contribution in [0.5, 0.6) is 0 Å². The van der Waals surface area contributed by atoms with Gasteiger partial charge in [0.25, 0.3) is 5.56 Å². The maximum absolute atomic E-state index is 12.0. The molecule has 0 spiro atoms. The third kappa shape index (κ3) is 9.04. The van der Waals surface area contributed by atoms with Crippen LogP contribution in [-0.4, -0.2) is 21.7 Å². The number of aromatic nitrogens is 2. The maximum atomic E-state index is 12.0. The molecule has 1 aromatic rings. The molecule has 0 amide bonds. The lowest BCUT2D eigenvalue weighted by Crippen LogP contribution is -2.23. The molecule has 20 heavy (non-hydrogen) atoms. The SMILES string of the molecule is CC(C)=CCC/C(C)=C/CO.O=c1[nH]cc(F)c(=O)[nH]1. The van der Waals surface area contributed by atoms with Crippen LogP contribution in [0.3, 0.4) is 0 Å². The molecule has 1 rings (SSSR count). The lowest BCUT2D eigenvalue weighted by atomic mass is 10.1. The second-order valence-corrected chi connectivity index (χ2v) is 4.47. The predicted molar refractivity (Wildman–Crippen MR) is 77.1 cm³/mol. The highest BCUT2D eigenvalue weighted by atomic mass is 19.1. The van der Waals surface area contributed by atoms with Crippen molar-refractivity contribution in [3.63, 3.8) is 0 Å². The highest BCUT2D eigenvalue weighted by molar-refractivity contribution is 5.01. The van der Waals surface area contributed by atoms with E-state index in [1.165, 1.54) is 11.1 Å². The summed E-state index contributed by atoms with van der Waals surface area (Å²) in [7, 11) is 0. The Balaban J connectivity index is 0.000000367. The molecule has 0 fully saturated rings. The average molecular weight is 284 g/mol. The first-order valence-corrected chi connectivity index (χ1v) is 6.24. The molecule has 0 aromatic carbocycles. The normalized spacial score (nSPS) is 10.6. The van der Waals surface area contributed by atoms with Crippen LogP contribution in [0.4, 0.5) is 4.39 Å². The lowest BCUT2D eigenvalue weighted by molar-refractivity contribution is 0.341. The lowest BCUT2D eigenvalue weighted by Gasteiger charge is -1.96. The van der Waals surface area contributed by atoms with Gasteiger partial charge in [0.2, 0.25) is 5.82 Å². The molecule has 0 aliphatic carbocycles. The zero-order chi connectivity index (χ0) is 15.5. The van der Waals surface area contributed by atoms with Crippen LogP contribution < -0.4 is 11.2 Å². The summed E-state index contributed by atoms with van der Waals surface area (Å²) in [5, 5.41) is 8.55. The topological polar surface area (TPSA) is 85.9 Å². The second kappa shape index (κ2) is 9.91. The predicted octanol–water partition coefficient (Wildman–Crippen LogP) is 1.87. The number of rotatable bonds is 4. The summed E-state index contributed by atoms with van der Waals surface area (Å²) < 4.78 is 12.0. The van der Waals surface area contributed by atoms with Gasteiger partial charge in [-0.25, -0.2) is 4.79 Å². The number of aliphatic hydroxyl groups is 1. The number of allylic oxidation sites excluding steroid dienone is 3. The zero-order valence-electron chi connectivity index (χ0n) is 12.0. The van der Waals surface area contributed by atoms with E-state index in [2.05, 4.69) is 26.8 Å². The average Bonchev–Trinajstić information content (AvgIpc) is 2.35. The van der Waals surface area contributed by atoms with Crippen LogP contribution in [0.2, 0.25) is 0 Å². The van der Waals surface area contributed by atoms with Crippen LogP contribution in [-0.2, 0) is 0 Å². The van der Waals surface area contributed by atoms with Crippen molar-refractivity contribution in [1.82, 2.24) is 9.97 Å². The number of aromatic amines is 2. The van der Waals surface area contributed by atoms with Gasteiger partial charge in [-0.3, -0.25) is 9.78 Å². The molecule has 5 nitrogen and oxygen atoms in total. The molecule has 0 unspecified atom stereocenters. The van der Waals surface area contributed by atoms with E-state index in [1.54, 1.807) is 4.98 Å². The Labute approximate surface area is 116 Å². The van der Waals surface area contributed by atoms with E-state index in [0.29, 0.717) is 6.20 Å². The molecule has 112 valence electrons. The van der Waals surface area contributed by atoms with Gasteiger partial charge in [0, 0.05) is 6.20 Å². The highest BCUT2D eigenvalue weighted by Gasteiger charge is 1.93. The van der Waals surface area contributed by atoms with E-state index < -0.39 is 17.1 Å². The van der Waals surface area contributed by atoms with Gasteiger partial charge in [0.15, 0.2) is 0 Å². The van der Waals surface area contributed by atoms with Gasteiger partial charge in [-0.2, -0.15) is 4.39 Å². The summed E-state index contributed by atoms with van der Waals surface area (Å²) in [6, 6.07) is 0. The van der Waals surface area contributed by atoms with Crippen LogP contribution in [0.25, 0.3) is 0 Å². The second-order valence-electron chi connectivity index (χ2n) is 4.47. The van der Waals surface area contributed by atoms with Crippen LogP contribution in [0.15, 0.2) is 39.1 Å². The van der Waals surface area contributed by atoms with Gasteiger partial charge in [-0.05, 0) is 33.6 Å². The van der Waals surface area contributed by atoms with Crippen LogP contribution >= 0.6 is 0 Å². The molecule has 0 radical (unpaired) electrons. The minimum atomic E-state index is -1.00. The third-order valence-corrected chi connectivity index (χ3v) is 2.30. The quantitative estimate of drug-likeness (QED) is 0.738. The number of H-pyrrole nitrogens is 2. The van der Waals surface area contributed by atoms with Gasteiger partial charge in [0.1, 0.15) is 0 Å². The summed E-state index contributed by atoms with van der Waals surface area (Å²) in [6.07, 6.45) is 6.94. The first-order valence-electron chi connectivity index (χ1n) is 6.24. The monoisotopic (exact) mass is 284 g/mol. The van der Waals surface area contributed by atoms with E-state index in [4.69, 9.17) is 5.11 Å². The Kier molecular flexibility index (Phi) is 8.95. The van der Waals surface area contributed by atoms with Crippen molar-refractivity contribution in [2.24, 2.45) is 0 Å². The maximum Gasteiger partial charge on any atom is 0.325 e. The van der Waals surface area contributed by atoms with Crippen LogP contribution in [0, 0.1) is 5.82 Å². The van der Waals surface area contributed by atoms with Crippen molar-refractivity contribution in [3.8, 4) is 0 Å². The van der Waals surface area contributed by atoms with Crippen LogP contribution in [0.1, 0.15) is 33.6 Å². The van der Waals surface area contributed by atoms with Gasteiger partial charge in [-0.15, -0.1) is 0 Å². The minimum Gasteiger partial charge on any atom is -0.392 e. The largest absolute Gasteiger partial charge is 0.392 e. The Morgan fingerprint density at radius 2 is 1.95 bits per heavy atom. The van der Waals surface area contributed by atoms with E-state index in [0.717, 1.165) is 12.8 Å². The Morgan fingerprint density at radius 1 is 1.30 bits per heavy atom. The molecule has 6 heteroatoms. The molecule has 0 atom stereocenters. The summed E-state index contributed by atoms with van der Waals surface area (Å²) >= 11 is 0. The number of hydrogen-bond acceptors (Lipinski definition) is 3. The molecule has 1 heterocycles. The van der Waals surface area contributed by atoms with E-state index in [1.807, 2.05) is 11.1 Å². The number of halogens is 1. The van der Waals surface area contributed by atoms with Gasteiger partial charge in [-0.1, -0.05) is 23.3 Å². The Morgan fingerprint density at radius 3 is 2.40 bits per heavy atom. The molecule has 1 aromatic heterocycles. The summed E-state index contributed by atoms with van der Waals surface area (Å²) in [5.74, 6) is -0.991. The fourth-order valence-corrected chi connectivity index (χ4v) is 1.24.